The van der Waals surface area contributed by atoms with E-state index in [1.54, 1.807) is 30.6 Å². The van der Waals surface area contributed by atoms with Crippen LogP contribution in [-0.2, 0) is 18.6 Å². The molecule has 40 heavy (non-hydrogen) atoms. The van der Waals surface area contributed by atoms with E-state index in [0.29, 0.717) is 41.6 Å². The number of fused-ring (bicyclic) bond motifs is 1. The van der Waals surface area contributed by atoms with E-state index in [2.05, 4.69) is 25.4 Å². The number of nitrogens with one attached hydrogen (secondary N) is 2. The van der Waals surface area contributed by atoms with E-state index in [4.69, 9.17) is 19.5 Å². The number of carbonyl (C=O) groups is 1. The van der Waals surface area contributed by atoms with E-state index in [9.17, 15) is 9.36 Å². The van der Waals surface area contributed by atoms with Gasteiger partial charge in [0.05, 0.1) is 26.1 Å². The van der Waals surface area contributed by atoms with Crippen LogP contribution in [0.25, 0.3) is 11.2 Å². The van der Waals surface area contributed by atoms with E-state index in [0.717, 1.165) is 12.8 Å². The number of methoxy groups -OCH3 is 1. The first-order valence-corrected chi connectivity index (χ1v) is 15.1. The van der Waals surface area contributed by atoms with Gasteiger partial charge in [0.2, 0.25) is 5.95 Å². The van der Waals surface area contributed by atoms with Crippen molar-refractivity contribution in [1.29, 1.82) is 0 Å². The first kappa shape index (κ1) is 28.1. The zero-order valence-electron chi connectivity index (χ0n) is 22.9. The zero-order chi connectivity index (χ0) is 28.3. The molecule has 0 bridgehead atoms. The third-order valence-corrected chi connectivity index (χ3v) is 8.79. The van der Waals surface area contributed by atoms with Crippen molar-refractivity contribution in [3.63, 3.8) is 0 Å². The van der Waals surface area contributed by atoms with Gasteiger partial charge in [0, 0.05) is 12.0 Å². The van der Waals surface area contributed by atoms with Crippen LogP contribution in [0.5, 0.6) is 5.75 Å². The Morgan fingerprint density at radius 2 is 2.00 bits per heavy atom. The van der Waals surface area contributed by atoms with Crippen LogP contribution in [0.3, 0.4) is 0 Å². The molecule has 0 aliphatic heterocycles. The van der Waals surface area contributed by atoms with Crippen molar-refractivity contribution in [3.05, 3.63) is 48.8 Å². The highest BCUT2D eigenvalue weighted by Gasteiger charge is 2.38. The van der Waals surface area contributed by atoms with Crippen LogP contribution in [0.4, 0.5) is 11.8 Å². The van der Waals surface area contributed by atoms with E-state index >= 15 is 0 Å². The normalized spacial score (nSPS) is 21.6. The monoisotopic (exact) mass is 569 g/mol. The van der Waals surface area contributed by atoms with Crippen LogP contribution in [0.15, 0.2) is 48.8 Å². The highest BCUT2D eigenvalue weighted by molar-refractivity contribution is 7.52. The van der Waals surface area contributed by atoms with E-state index in [1.807, 2.05) is 36.6 Å². The molecule has 1 saturated carbocycles. The van der Waals surface area contributed by atoms with Gasteiger partial charge in [-0.05, 0) is 37.3 Å². The predicted molar refractivity (Wildman–Crippen MR) is 152 cm³/mol. The number of hydrogen-bond donors (Lipinski definition) is 3. The van der Waals surface area contributed by atoms with Gasteiger partial charge in [-0.3, -0.25) is 9.32 Å². The maximum atomic E-state index is 14.0. The minimum Gasteiger partial charge on any atom is -0.468 e. The number of para-hydroxylation sites is 1. The molecule has 2 aliphatic rings. The summed E-state index contributed by atoms with van der Waals surface area (Å²) in [6, 6.07) is 8.23. The maximum Gasteiger partial charge on any atom is 0.459 e. The van der Waals surface area contributed by atoms with Crippen molar-refractivity contribution in [2.75, 3.05) is 24.8 Å². The van der Waals surface area contributed by atoms with E-state index in [-0.39, 0.29) is 30.4 Å². The van der Waals surface area contributed by atoms with Gasteiger partial charge in [-0.15, -0.1) is 0 Å². The second-order valence-corrected chi connectivity index (χ2v) is 12.0. The van der Waals surface area contributed by atoms with Gasteiger partial charge in [0.15, 0.2) is 17.0 Å². The Labute approximate surface area is 233 Å². The number of allylic oxidation sites excluding steroid dienone is 1. The van der Waals surface area contributed by atoms with Crippen LogP contribution in [0.1, 0.15) is 45.6 Å². The molecule has 0 amide bonds. The number of anilines is 2. The fraction of sp³-hybridized carbons (Fsp3) is 0.481. The molecular formula is C27H36N7O5P. The average Bonchev–Trinajstić information content (AvgIpc) is 3.47. The number of imidazole rings is 1. The highest BCUT2D eigenvalue weighted by atomic mass is 31.2. The molecule has 1 fully saturated rings. The number of aromatic nitrogens is 4. The average molecular weight is 570 g/mol. The zero-order valence-corrected chi connectivity index (χ0v) is 23.8. The Morgan fingerprint density at radius 1 is 1.23 bits per heavy atom. The molecule has 4 N–H and O–H groups in total. The SMILES string of the molecule is CCC(C)[C@H](NP(=O)(OC[C@@H]1C=C[C@H](n2cnc3c(NC4CC4)nc(N)nc32)C1)Oc1ccccc1)C(=O)OC. The Kier molecular flexibility index (Phi) is 8.39. The summed E-state index contributed by atoms with van der Waals surface area (Å²) in [7, 11) is -2.67. The van der Waals surface area contributed by atoms with Gasteiger partial charge < -0.3 is 24.9 Å². The molecule has 2 aromatic heterocycles. The molecule has 0 saturated heterocycles. The Balaban J connectivity index is 1.30. The number of carbonyl (C=O) groups excluding carboxylic acids is 1. The molecule has 2 unspecified atom stereocenters. The lowest BCUT2D eigenvalue weighted by molar-refractivity contribution is -0.144. The topological polar surface area (TPSA) is 156 Å². The van der Waals surface area contributed by atoms with Crippen LogP contribution < -0.4 is 20.7 Å². The summed E-state index contributed by atoms with van der Waals surface area (Å²) in [5.74, 6) is 0.439. The molecule has 2 heterocycles. The number of rotatable bonds is 13. The van der Waals surface area contributed by atoms with Crippen LogP contribution in [0.2, 0.25) is 0 Å². The number of ether oxygens (including phenoxy) is 1. The third kappa shape index (κ3) is 6.46. The molecule has 13 heteroatoms. The molecule has 3 aromatic rings. The number of benzene rings is 1. The van der Waals surface area contributed by atoms with Gasteiger partial charge in [-0.2, -0.15) is 15.1 Å². The van der Waals surface area contributed by atoms with Crippen LogP contribution >= 0.6 is 7.75 Å². The summed E-state index contributed by atoms with van der Waals surface area (Å²) in [5, 5.41) is 6.24. The first-order valence-electron chi connectivity index (χ1n) is 13.6. The second-order valence-electron chi connectivity index (χ2n) is 10.3. The molecule has 1 aromatic carbocycles. The van der Waals surface area contributed by atoms with E-state index in [1.165, 1.54) is 7.11 Å². The van der Waals surface area contributed by atoms with Gasteiger partial charge in [-0.1, -0.05) is 50.6 Å². The lowest BCUT2D eigenvalue weighted by atomic mass is 10.0. The third-order valence-electron chi connectivity index (χ3n) is 7.26. The summed E-state index contributed by atoms with van der Waals surface area (Å²) in [6.07, 6.45) is 9.34. The number of esters is 1. The quantitative estimate of drug-likeness (QED) is 0.152. The summed E-state index contributed by atoms with van der Waals surface area (Å²) >= 11 is 0. The lowest BCUT2D eigenvalue weighted by Gasteiger charge is -2.27. The molecule has 5 rings (SSSR count). The fourth-order valence-electron chi connectivity index (χ4n) is 4.63. The van der Waals surface area contributed by atoms with Crippen molar-refractivity contribution < 1.29 is 23.1 Å². The second kappa shape index (κ2) is 12.0. The fourth-order valence-corrected chi connectivity index (χ4v) is 6.30. The highest BCUT2D eigenvalue weighted by Crippen LogP contribution is 2.47. The van der Waals surface area contributed by atoms with Crippen LogP contribution in [0, 0.1) is 11.8 Å². The molecule has 5 atom stereocenters. The molecule has 0 radical (unpaired) electrons. The van der Waals surface area contributed by atoms with Crippen molar-refractivity contribution in [2.45, 2.75) is 57.7 Å². The van der Waals surface area contributed by atoms with Crippen molar-refractivity contribution >= 4 is 36.6 Å². The standard InChI is InChI=1S/C27H36N7O5P/c1-4-17(2)22(26(35)37-3)33-40(36,39-21-8-6-5-7-9-21)38-15-18-10-13-20(14-18)34-16-29-23-24(30-19-11-12-19)31-27(28)32-25(23)34/h5-10,13,16-20,22H,4,11-12,14-15H2,1-3H3,(H,33,36)(H3,28,30,31,32)/t17?,18-,20+,22+,40?/m1/s1. The van der Waals surface area contributed by atoms with Gasteiger partial charge in [0.1, 0.15) is 11.8 Å². The summed E-state index contributed by atoms with van der Waals surface area (Å²) in [6.45, 7) is 3.93. The van der Waals surface area contributed by atoms with Crippen molar-refractivity contribution in [1.82, 2.24) is 24.6 Å². The van der Waals surface area contributed by atoms with Gasteiger partial charge in [-0.25, -0.2) is 9.55 Å². The smallest absolute Gasteiger partial charge is 0.459 e. The van der Waals surface area contributed by atoms with Crippen molar-refractivity contribution in [2.24, 2.45) is 11.8 Å². The predicted octanol–water partition coefficient (Wildman–Crippen LogP) is 4.48. The van der Waals surface area contributed by atoms with Gasteiger partial charge in [0.25, 0.3) is 0 Å². The Hall–Kier alpha value is -3.47. The maximum absolute atomic E-state index is 14.0. The molecule has 12 nitrogen and oxygen atoms in total. The largest absolute Gasteiger partial charge is 0.468 e. The molecule has 214 valence electrons. The Bertz CT molecular complexity index is 1410. The lowest BCUT2D eigenvalue weighted by Crippen LogP contribution is -2.42. The minimum atomic E-state index is -3.97. The molecule has 0 spiro atoms. The van der Waals surface area contributed by atoms with E-state index < -0.39 is 19.8 Å². The van der Waals surface area contributed by atoms with Gasteiger partial charge >= 0.3 is 13.7 Å². The number of nitrogen functional groups attached to an aromatic ring is 1. The molecule has 2 aliphatic carbocycles. The van der Waals surface area contributed by atoms with Crippen LogP contribution in [-0.4, -0.2) is 51.3 Å². The first-order chi connectivity index (χ1) is 19.3. The number of nitrogens with zero attached hydrogens (tertiary/aromatic N) is 4. The summed E-state index contributed by atoms with van der Waals surface area (Å²) in [5.41, 5.74) is 7.34. The minimum absolute atomic E-state index is 0.0491. The number of nitrogens with two attached hydrogens (primary N) is 1. The number of hydrogen-bond acceptors (Lipinski definition) is 10. The molecular weight excluding hydrogens is 533 g/mol. The van der Waals surface area contributed by atoms with Crippen molar-refractivity contribution in [3.8, 4) is 5.75 Å². The summed E-state index contributed by atoms with van der Waals surface area (Å²) in [4.78, 5) is 25.9. The Morgan fingerprint density at radius 3 is 2.70 bits per heavy atom. The summed E-state index contributed by atoms with van der Waals surface area (Å²) < 4.78 is 32.7.